The smallest absolute Gasteiger partial charge is 0.0801 e. The van der Waals surface area contributed by atoms with E-state index in [9.17, 15) is 5.11 Å². The van der Waals surface area contributed by atoms with E-state index >= 15 is 0 Å². The molecule has 0 amide bonds. The Balaban J connectivity index is 1.60. The summed E-state index contributed by atoms with van der Waals surface area (Å²) in [6.45, 7) is 0.997. The van der Waals surface area contributed by atoms with Crippen LogP contribution in [0.2, 0.25) is 0 Å². The van der Waals surface area contributed by atoms with Crippen LogP contribution in [0, 0.1) is 0 Å². The SMILES string of the molecule is OCC1(NCc2nn(-c3ccccc3)c3c2CCC3)CCCC1. The molecule has 0 saturated heterocycles. The van der Waals surface area contributed by atoms with Crippen LogP contribution >= 0.6 is 0 Å². The highest BCUT2D eigenvalue weighted by Gasteiger charge is 2.33. The number of fused-ring (bicyclic) bond motifs is 1. The standard InChI is InChI=1S/C19H25N3O/c23-14-19(11-4-5-12-19)20-13-17-16-9-6-10-18(16)22(21-17)15-7-2-1-3-8-15/h1-3,7-8,20,23H,4-6,9-14H2. The van der Waals surface area contributed by atoms with Gasteiger partial charge in [-0.1, -0.05) is 31.0 Å². The summed E-state index contributed by atoms with van der Waals surface area (Å²) in [5, 5.41) is 18.3. The highest BCUT2D eigenvalue weighted by Crippen LogP contribution is 2.31. The van der Waals surface area contributed by atoms with Gasteiger partial charge in [0.2, 0.25) is 0 Å². The molecule has 23 heavy (non-hydrogen) atoms. The summed E-state index contributed by atoms with van der Waals surface area (Å²) in [6, 6.07) is 10.4. The minimum atomic E-state index is -0.0813. The molecular weight excluding hydrogens is 286 g/mol. The van der Waals surface area contributed by atoms with Gasteiger partial charge in [-0.15, -0.1) is 0 Å². The van der Waals surface area contributed by atoms with Gasteiger partial charge in [-0.05, 0) is 49.8 Å². The summed E-state index contributed by atoms with van der Waals surface area (Å²) in [7, 11) is 0. The maximum absolute atomic E-state index is 9.78. The summed E-state index contributed by atoms with van der Waals surface area (Å²) < 4.78 is 2.12. The zero-order valence-electron chi connectivity index (χ0n) is 13.6. The average molecular weight is 311 g/mol. The molecule has 1 aromatic carbocycles. The highest BCUT2D eigenvalue weighted by molar-refractivity contribution is 5.39. The van der Waals surface area contributed by atoms with Gasteiger partial charge < -0.3 is 10.4 Å². The number of aliphatic hydroxyl groups excluding tert-OH is 1. The molecule has 1 aromatic heterocycles. The van der Waals surface area contributed by atoms with Crippen molar-refractivity contribution in [3.63, 3.8) is 0 Å². The molecule has 2 aliphatic carbocycles. The first-order valence-electron chi connectivity index (χ1n) is 8.82. The van der Waals surface area contributed by atoms with Gasteiger partial charge in [-0.25, -0.2) is 4.68 Å². The van der Waals surface area contributed by atoms with Gasteiger partial charge in [-0.3, -0.25) is 0 Å². The van der Waals surface area contributed by atoms with Crippen molar-refractivity contribution in [2.75, 3.05) is 6.61 Å². The molecule has 4 nitrogen and oxygen atoms in total. The predicted molar refractivity (Wildman–Crippen MR) is 90.7 cm³/mol. The fourth-order valence-corrected chi connectivity index (χ4v) is 4.15. The number of rotatable bonds is 5. The van der Waals surface area contributed by atoms with Crippen LogP contribution in [-0.4, -0.2) is 27.0 Å². The van der Waals surface area contributed by atoms with E-state index in [1.165, 1.54) is 36.2 Å². The second-order valence-corrected chi connectivity index (χ2v) is 6.97. The van der Waals surface area contributed by atoms with E-state index in [0.717, 1.165) is 37.9 Å². The quantitative estimate of drug-likeness (QED) is 0.893. The molecule has 0 spiro atoms. The molecule has 1 heterocycles. The van der Waals surface area contributed by atoms with Crippen molar-refractivity contribution in [1.29, 1.82) is 0 Å². The van der Waals surface area contributed by atoms with E-state index in [1.54, 1.807) is 0 Å². The Labute approximate surface area is 137 Å². The number of hydrogen-bond acceptors (Lipinski definition) is 3. The van der Waals surface area contributed by atoms with Crippen molar-refractivity contribution >= 4 is 0 Å². The first-order chi connectivity index (χ1) is 11.3. The van der Waals surface area contributed by atoms with Crippen LogP contribution in [0.25, 0.3) is 5.69 Å². The highest BCUT2D eigenvalue weighted by atomic mass is 16.3. The Hall–Kier alpha value is -1.65. The van der Waals surface area contributed by atoms with Gasteiger partial charge in [0.1, 0.15) is 0 Å². The average Bonchev–Trinajstić information content (AvgIpc) is 3.31. The zero-order valence-corrected chi connectivity index (χ0v) is 13.6. The number of para-hydroxylation sites is 1. The number of aromatic nitrogens is 2. The minimum absolute atomic E-state index is 0.0813. The second kappa shape index (κ2) is 6.10. The lowest BCUT2D eigenvalue weighted by Gasteiger charge is -2.27. The monoisotopic (exact) mass is 311 g/mol. The summed E-state index contributed by atoms with van der Waals surface area (Å²) in [5.74, 6) is 0. The normalized spacial score (nSPS) is 19.2. The molecule has 1 saturated carbocycles. The molecule has 0 unspecified atom stereocenters. The van der Waals surface area contributed by atoms with Crippen molar-refractivity contribution in [1.82, 2.24) is 15.1 Å². The first-order valence-corrected chi connectivity index (χ1v) is 8.82. The van der Waals surface area contributed by atoms with E-state index in [0.29, 0.717) is 0 Å². The maximum atomic E-state index is 9.78. The summed E-state index contributed by atoms with van der Waals surface area (Å²) in [5.41, 5.74) is 5.03. The van der Waals surface area contributed by atoms with Crippen molar-refractivity contribution in [2.24, 2.45) is 0 Å². The molecule has 0 atom stereocenters. The molecular formula is C19H25N3O. The van der Waals surface area contributed by atoms with Gasteiger partial charge in [-0.2, -0.15) is 5.10 Å². The van der Waals surface area contributed by atoms with Gasteiger partial charge in [0.25, 0.3) is 0 Å². The molecule has 4 heteroatoms. The molecule has 2 aromatic rings. The van der Waals surface area contributed by atoms with Crippen LogP contribution < -0.4 is 5.32 Å². The van der Waals surface area contributed by atoms with Crippen LogP contribution in [0.3, 0.4) is 0 Å². The zero-order chi connectivity index (χ0) is 15.7. The topological polar surface area (TPSA) is 50.1 Å². The summed E-state index contributed by atoms with van der Waals surface area (Å²) >= 11 is 0. The largest absolute Gasteiger partial charge is 0.394 e. The third-order valence-electron chi connectivity index (χ3n) is 5.51. The third-order valence-corrected chi connectivity index (χ3v) is 5.51. The molecule has 4 rings (SSSR count). The fraction of sp³-hybridized carbons (Fsp3) is 0.526. The Morgan fingerprint density at radius 2 is 1.87 bits per heavy atom. The predicted octanol–water partition coefficient (Wildman–Crippen LogP) is 2.76. The van der Waals surface area contributed by atoms with Crippen LogP contribution in [0.15, 0.2) is 30.3 Å². The lowest BCUT2D eigenvalue weighted by molar-refractivity contribution is 0.162. The third kappa shape index (κ3) is 2.70. The summed E-state index contributed by atoms with van der Waals surface area (Å²) in [6.07, 6.45) is 8.04. The second-order valence-electron chi connectivity index (χ2n) is 6.97. The van der Waals surface area contributed by atoms with E-state index in [2.05, 4.69) is 34.3 Å². The first kappa shape index (κ1) is 14.9. The van der Waals surface area contributed by atoms with Crippen molar-refractivity contribution in [3.05, 3.63) is 47.3 Å². The van der Waals surface area contributed by atoms with Crippen molar-refractivity contribution in [2.45, 2.75) is 57.0 Å². The van der Waals surface area contributed by atoms with Gasteiger partial charge >= 0.3 is 0 Å². The van der Waals surface area contributed by atoms with Crippen LogP contribution in [0.1, 0.15) is 49.1 Å². The Bertz CT molecular complexity index is 671. The minimum Gasteiger partial charge on any atom is -0.394 e. The number of nitrogens with one attached hydrogen (secondary N) is 1. The number of aliphatic hydroxyl groups is 1. The fourth-order valence-electron chi connectivity index (χ4n) is 4.15. The molecule has 1 fully saturated rings. The molecule has 2 aliphatic rings. The van der Waals surface area contributed by atoms with Gasteiger partial charge in [0.15, 0.2) is 0 Å². The van der Waals surface area contributed by atoms with Gasteiger partial charge in [0.05, 0.1) is 18.0 Å². The Morgan fingerprint density at radius 1 is 1.09 bits per heavy atom. The van der Waals surface area contributed by atoms with E-state index in [4.69, 9.17) is 5.10 Å². The number of hydrogen-bond donors (Lipinski definition) is 2. The van der Waals surface area contributed by atoms with Crippen molar-refractivity contribution in [3.8, 4) is 5.69 Å². The molecule has 0 bridgehead atoms. The van der Waals surface area contributed by atoms with Crippen LogP contribution in [0.4, 0.5) is 0 Å². The molecule has 122 valence electrons. The van der Waals surface area contributed by atoms with Crippen LogP contribution in [0.5, 0.6) is 0 Å². The van der Waals surface area contributed by atoms with E-state index < -0.39 is 0 Å². The van der Waals surface area contributed by atoms with E-state index in [-0.39, 0.29) is 12.1 Å². The lowest BCUT2D eigenvalue weighted by atomic mass is 9.98. The summed E-state index contributed by atoms with van der Waals surface area (Å²) in [4.78, 5) is 0. The van der Waals surface area contributed by atoms with Crippen LogP contribution in [-0.2, 0) is 19.4 Å². The Morgan fingerprint density at radius 3 is 2.61 bits per heavy atom. The number of benzene rings is 1. The van der Waals surface area contributed by atoms with Gasteiger partial charge in [0, 0.05) is 17.8 Å². The molecule has 2 N–H and O–H groups in total. The van der Waals surface area contributed by atoms with E-state index in [1.807, 2.05) is 6.07 Å². The maximum Gasteiger partial charge on any atom is 0.0801 e. The molecule has 0 radical (unpaired) electrons. The lowest BCUT2D eigenvalue weighted by Crippen LogP contribution is -2.45. The number of nitrogens with zero attached hydrogens (tertiary/aromatic N) is 2. The van der Waals surface area contributed by atoms with Crippen molar-refractivity contribution < 1.29 is 5.11 Å². The Kier molecular flexibility index (Phi) is 3.95. The molecule has 0 aliphatic heterocycles.